The Hall–Kier alpha value is -1.10. The molecule has 2 rings (SSSR count). The summed E-state index contributed by atoms with van der Waals surface area (Å²) in [6.07, 6.45) is 0. The number of nitrogens with one attached hydrogen (secondary N) is 2. The number of methoxy groups -OCH3 is 1. The highest BCUT2D eigenvalue weighted by Gasteiger charge is 2.21. The van der Waals surface area contributed by atoms with Crippen molar-refractivity contribution < 1.29 is 4.74 Å². The van der Waals surface area contributed by atoms with Crippen molar-refractivity contribution in [2.45, 2.75) is 19.9 Å². The normalized spacial score (nSPS) is 15.2. The standard InChI is InChI=1S/C15H23N3O.ClH/c1-11-5-4-6-13(12(11)2)14(16-9-10-19-3)15-17-7-8-18-15;/h4-6,14,16H,7-10H2,1-3H3,(H,17,18);1H. The second kappa shape index (κ2) is 8.25. The third kappa shape index (κ3) is 3.95. The molecular weight excluding hydrogens is 274 g/mol. The van der Waals surface area contributed by atoms with Crippen LogP contribution in [0.5, 0.6) is 0 Å². The first-order valence-electron chi connectivity index (χ1n) is 6.80. The van der Waals surface area contributed by atoms with Crippen molar-refractivity contribution in [1.82, 2.24) is 10.6 Å². The molecular formula is C15H24ClN3O. The summed E-state index contributed by atoms with van der Waals surface area (Å²) >= 11 is 0. The van der Waals surface area contributed by atoms with Crippen molar-refractivity contribution in [3.8, 4) is 0 Å². The highest BCUT2D eigenvalue weighted by molar-refractivity contribution is 5.90. The molecule has 0 amide bonds. The minimum absolute atomic E-state index is 0. The van der Waals surface area contributed by atoms with Gasteiger partial charge >= 0.3 is 0 Å². The molecule has 0 aromatic heterocycles. The zero-order chi connectivity index (χ0) is 13.7. The van der Waals surface area contributed by atoms with E-state index in [-0.39, 0.29) is 18.4 Å². The Kier molecular flexibility index (Phi) is 6.99. The van der Waals surface area contributed by atoms with Gasteiger partial charge in [-0.2, -0.15) is 0 Å². The predicted molar refractivity (Wildman–Crippen MR) is 86.1 cm³/mol. The van der Waals surface area contributed by atoms with Crippen molar-refractivity contribution in [3.63, 3.8) is 0 Å². The van der Waals surface area contributed by atoms with Gasteiger partial charge in [-0.3, -0.25) is 4.99 Å². The molecule has 20 heavy (non-hydrogen) atoms. The summed E-state index contributed by atoms with van der Waals surface area (Å²) in [6, 6.07) is 6.57. The van der Waals surface area contributed by atoms with Crippen LogP contribution in [0.2, 0.25) is 0 Å². The van der Waals surface area contributed by atoms with Gasteiger partial charge in [-0.05, 0) is 30.5 Å². The van der Waals surface area contributed by atoms with Crippen molar-refractivity contribution in [3.05, 3.63) is 34.9 Å². The molecule has 1 heterocycles. The SMILES string of the molecule is COCCNC(C1=NCCN1)c1cccc(C)c1C.Cl. The molecule has 0 fully saturated rings. The van der Waals surface area contributed by atoms with Gasteiger partial charge in [-0.1, -0.05) is 18.2 Å². The molecule has 0 saturated heterocycles. The Bertz CT molecular complexity index is 462. The van der Waals surface area contributed by atoms with E-state index in [0.29, 0.717) is 6.61 Å². The van der Waals surface area contributed by atoms with E-state index in [2.05, 4.69) is 47.7 Å². The Balaban J connectivity index is 0.00000200. The largest absolute Gasteiger partial charge is 0.383 e. The number of benzene rings is 1. The monoisotopic (exact) mass is 297 g/mol. The van der Waals surface area contributed by atoms with Crippen LogP contribution in [0.1, 0.15) is 22.7 Å². The number of hydrogen-bond acceptors (Lipinski definition) is 4. The second-order valence-electron chi connectivity index (χ2n) is 4.86. The molecule has 0 radical (unpaired) electrons. The maximum Gasteiger partial charge on any atom is 0.118 e. The molecule has 1 unspecified atom stereocenters. The lowest BCUT2D eigenvalue weighted by atomic mass is 9.96. The fourth-order valence-electron chi connectivity index (χ4n) is 2.36. The number of rotatable bonds is 6. The predicted octanol–water partition coefficient (Wildman–Crippen LogP) is 2.00. The summed E-state index contributed by atoms with van der Waals surface area (Å²) in [5.41, 5.74) is 3.94. The van der Waals surface area contributed by atoms with E-state index in [9.17, 15) is 0 Å². The molecule has 4 nitrogen and oxygen atoms in total. The van der Waals surface area contributed by atoms with Gasteiger partial charge in [-0.25, -0.2) is 0 Å². The highest BCUT2D eigenvalue weighted by Crippen LogP contribution is 2.22. The number of nitrogens with zero attached hydrogens (tertiary/aromatic N) is 1. The minimum Gasteiger partial charge on any atom is -0.383 e. The summed E-state index contributed by atoms with van der Waals surface area (Å²) < 4.78 is 5.12. The fourth-order valence-corrected chi connectivity index (χ4v) is 2.36. The zero-order valence-electron chi connectivity index (χ0n) is 12.4. The molecule has 112 valence electrons. The Labute approximate surface area is 127 Å². The average molecular weight is 298 g/mol. The Morgan fingerprint density at radius 3 is 2.85 bits per heavy atom. The molecule has 0 bridgehead atoms. The molecule has 1 aliphatic rings. The second-order valence-corrected chi connectivity index (χ2v) is 4.86. The van der Waals surface area contributed by atoms with Crippen LogP contribution in [-0.4, -0.2) is 39.2 Å². The van der Waals surface area contributed by atoms with E-state index in [1.165, 1.54) is 16.7 Å². The van der Waals surface area contributed by atoms with Gasteiger partial charge in [0.15, 0.2) is 0 Å². The van der Waals surface area contributed by atoms with Gasteiger partial charge in [-0.15, -0.1) is 12.4 Å². The van der Waals surface area contributed by atoms with E-state index in [4.69, 9.17) is 4.74 Å². The van der Waals surface area contributed by atoms with Crippen LogP contribution in [0.25, 0.3) is 0 Å². The lowest BCUT2D eigenvalue weighted by Gasteiger charge is -2.22. The maximum atomic E-state index is 5.12. The van der Waals surface area contributed by atoms with Crippen molar-refractivity contribution >= 4 is 18.2 Å². The third-order valence-electron chi connectivity index (χ3n) is 3.59. The summed E-state index contributed by atoms with van der Waals surface area (Å²) in [7, 11) is 1.72. The van der Waals surface area contributed by atoms with E-state index < -0.39 is 0 Å². The molecule has 1 atom stereocenters. The maximum absolute atomic E-state index is 5.12. The first-order chi connectivity index (χ1) is 9.24. The van der Waals surface area contributed by atoms with Crippen LogP contribution >= 0.6 is 12.4 Å². The van der Waals surface area contributed by atoms with Crippen molar-refractivity contribution in [2.24, 2.45) is 4.99 Å². The Morgan fingerprint density at radius 2 is 2.20 bits per heavy atom. The van der Waals surface area contributed by atoms with E-state index in [1.54, 1.807) is 7.11 Å². The molecule has 5 heteroatoms. The topological polar surface area (TPSA) is 45.6 Å². The van der Waals surface area contributed by atoms with Crippen LogP contribution < -0.4 is 10.6 Å². The van der Waals surface area contributed by atoms with Crippen LogP contribution in [0.15, 0.2) is 23.2 Å². The van der Waals surface area contributed by atoms with Gasteiger partial charge in [0, 0.05) is 20.2 Å². The fraction of sp³-hybridized carbons (Fsp3) is 0.533. The molecule has 0 aliphatic carbocycles. The first-order valence-corrected chi connectivity index (χ1v) is 6.80. The minimum atomic E-state index is 0. The van der Waals surface area contributed by atoms with Gasteiger partial charge in [0.2, 0.25) is 0 Å². The van der Waals surface area contributed by atoms with Gasteiger partial charge in [0.1, 0.15) is 5.84 Å². The number of aliphatic imine (C=N–C) groups is 1. The number of hydrogen-bond donors (Lipinski definition) is 2. The van der Waals surface area contributed by atoms with Gasteiger partial charge < -0.3 is 15.4 Å². The van der Waals surface area contributed by atoms with E-state index >= 15 is 0 Å². The molecule has 2 N–H and O–H groups in total. The summed E-state index contributed by atoms with van der Waals surface area (Å²) in [5.74, 6) is 1.05. The van der Waals surface area contributed by atoms with Crippen molar-refractivity contribution in [2.75, 3.05) is 33.4 Å². The van der Waals surface area contributed by atoms with Gasteiger partial charge in [0.25, 0.3) is 0 Å². The van der Waals surface area contributed by atoms with Crippen LogP contribution in [0, 0.1) is 13.8 Å². The third-order valence-corrected chi connectivity index (χ3v) is 3.59. The zero-order valence-corrected chi connectivity index (χ0v) is 13.2. The molecule has 1 aromatic carbocycles. The number of aryl methyl sites for hydroxylation is 1. The average Bonchev–Trinajstić information content (AvgIpc) is 2.92. The van der Waals surface area contributed by atoms with E-state index in [1.807, 2.05) is 0 Å². The lowest BCUT2D eigenvalue weighted by Crippen LogP contribution is -2.37. The molecule has 1 aromatic rings. The summed E-state index contributed by atoms with van der Waals surface area (Å²) in [6.45, 7) is 7.63. The van der Waals surface area contributed by atoms with Crippen LogP contribution in [0.3, 0.4) is 0 Å². The van der Waals surface area contributed by atoms with Crippen LogP contribution in [0.4, 0.5) is 0 Å². The van der Waals surface area contributed by atoms with Gasteiger partial charge in [0.05, 0.1) is 19.2 Å². The summed E-state index contributed by atoms with van der Waals surface area (Å²) in [4.78, 5) is 4.56. The smallest absolute Gasteiger partial charge is 0.118 e. The molecule has 1 aliphatic heterocycles. The van der Waals surface area contributed by atoms with Crippen molar-refractivity contribution in [1.29, 1.82) is 0 Å². The molecule has 0 spiro atoms. The first kappa shape index (κ1) is 17.0. The number of amidine groups is 1. The quantitative estimate of drug-likeness (QED) is 0.790. The summed E-state index contributed by atoms with van der Waals surface area (Å²) in [5, 5.41) is 6.90. The number of ether oxygens (including phenoxy) is 1. The highest BCUT2D eigenvalue weighted by atomic mass is 35.5. The van der Waals surface area contributed by atoms with Crippen LogP contribution in [-0.2, 0) is 4.74 Å². The molecule has 0 saturated carbocycles. The van der Waals surface area contributed by atoms with E-state index in [0.717, 1.165) is 25.5 Å². The number of halogens is 1. The Morgan fingerprint density at radius 1 is 1.40 bits per heavy atom. The lowest BCUT2D eigenvalue weighted by molar-refractivity contribution is 0.198.